The molecule has 0 radical (unpaired) electrons. The first-order valence-corrected chi connectivity index (χ1v) is 18.6. The molecule has 1 aliphatic rings. The average molecular weight is 659 g/mol. The van der Waals surface area contributed by atoms with Gasteiger partial charge in [-0.2, -0.15) is 0 Å². The van der Waals surface area contributed by atoms with E-state index in [-0.39, 0.29) is 17.0 Å². The number of unbranched alkanes of at least 4 members (excludes halogenated alkanes) is 10. The predicted octanol–water partition coefficient (Wildman–Crippen LogP) is 12.8. The fourth-order valence-electron chi connectivity index (χ4n) is 8.14. The van der Waals surface area contributed by atoms with Gasteiger partial charge in [0.05, 0.1) is 33.2 Å². The molecule has 7 rings (SSSR count). The SMILES string of the molecule is CCCCCCCCC1(CCCCCCCC)c2cc3[nH]c(-c4ccccc4F)nc3cc2-c2cc3nc(-c4ccccc4F)[nH]c3cc21. The minimum absolute atomic E-state index is 0.172. The van der Waals surface area contributed by atoms with Gasteiger partial charge in [0, 0.05) is 5.41 Å². The molecule has 4 aromatic carbocycles. The summed E-state index contributed by atoms with van der Waals surface area (Å²) in [5, 5.41) is 0. The summed E-state index contributed by atoms with van der Waals surface area (Å²) in [6.07, 6.45) is 17.0. The van der Waals surface area contributed by atoms with Gasteiger partial charge >= 0.3 is 0 Å². The first-order valence-electron chi connectivity index (χ1n) is 18.6. The summed E-state index contributed by atoms with van der Waals surface area (Å²) in [7, 11) is 0. The van der Waals surface area contributed by atoms with Crippen LogP contribution in [0.1, 0.15) is 115 Å². The van der Waals surface area contributed by atoms with Crippen LogP contribution in [0.3, 0.4) is 0 Å². The Bertz CT molecular complexity index is 1910. The topological polar surface area (TPSA) is 57.4 Å². The Morgan fingerprint density at radius 2 is 0.918 bits per heavy atom. The summed E-state index contributed by atoms with van der Waals surface area (Å²) in [5.74, 6) is 0.525. The molecule has 0 aliphatic heterocycles. The molecule has 4 nitrogen and oxygen atoms in total. The van der Waals surface area contributed by atoms with Crippen molar-refractivity contribution in [2.75, 3.05) is 0 Å². The second-order valence-electron chi connectivity index (χ2n) is 14.1. The Morgan fingerprint density at radius 3 is 1.35 bits per heavy atom. The lowest BCUT2D eigenvalue weighted by molar-refractivity contribution is 0.398. The smallest absolute Gasteiger partial charge is 0.141 e. The van der Waals surface area contributed by atoms with Crippen molar-refractivity contribution in [2.24, 2.45) is 0 Å². The molecule has 49 heavy (non-hydrogen) atoms. The lowest BCUT2D eigenvalue weighted by Gasteiger charge is -2.33. The third-order valence-electron chi connectivity index (χ3n) is 10.7. The van der Waals surface area contributed by atoms with Crippen molar-refractivity contribution in [3.05, 3.63) is 95.6 Å². The van der Waals surface area contributed by atoms with Gasteiger partial charge in [-0.05, 0) is 83.6 Å². The highest BCUT2D eigenvalue weighted by Crippen LogP contribution is 2.56. The third-order valence-corrected chi connectivity index (χ3v) is 10.7. The summed E-state index contributed by atoms with van der Waals surface area (Å²) in [4.78, 5) is 16.8. The summed E-state index contributed by atoms with van der Waals surface area (Å²) in [6.45, 7) is 4.53. The maximum atomic E-state index is 14.9. The largest absolute Gasteiger partial charge is 0.338 e. The van der Waals surface area contributed by atoms with E-state index in [1.54, 1.807) is 24.3 Å². The van der Waals surface area contributed by atoms with E-state index in [1.165, 1.54) is 98.6 Å². The zero-order chi connectivity index (χ0) is 33.8. The first kappa shape index (κ1) is 33.2. The number of aromatic nitrogens is 4. The zero-order valence-corrected chi connectivity index (χ0v) is 29.0. The number of benzene rings is 4. The lowest BCUT2D eigenvalue weighted by atomic mass is 9.70. The van der Waals surface area contributed by atoms with Gasteiger partial charge in [0.25, 0.3) is 0 Å². The average Bonchev–Trinajstić information content (AvgIpc) is 3.79. The maximum Gasteiger partial charge on any atom is 0.141 e. The Hall–Kier alpha value is -4.32. The van der Waals surface area contributed by atoms with Crippen LogP contribution < -0.4 is 0 Å². The summed E-state index contributed by atoms with van der Waals surface area (Å²) in [6, 6.07) is 22.6. The number of fused-ring (bicyclic) bond motifs is 5. The number of hydrogen-bond donors (Lipinski definition) is 2. The second-order valence-corrected chi connectivity index (χ2v) is 14.1. The van der Waals surface area contributed by atoms with Crippen molar-refractivity contribution in [1.29, 1.82) is 0 Å². The Morgan fingerprint density at radius 1 is 0.510 bits per heavy atom. The minimum atomic E-state index is -0.286. The molecular formula is C43H48F2N4. The Balaban J connectivity index is 1.35. The van der Waals surface area contributed by atoms with E-state index in [2.05, 4.69) is 48.1 Å². The van der Waals surface area contributed by atoms with Crippen LogP contribution in [0.2, 0.25) is 0 Å². The van der Waals surface area contributed by atoms with Crippen molar-refractivity contribution in [3.63, 3.8) is 0 Å². The molecule has 0 bridgehead atoms. The molecule has 0 saturated heterocycles. The molecule has 0 fully saturated rings. The lowest BCUT2D eigenvalue weighted by Crippen LogP contribution is -2.25. The van der Waals surface area contributed by atoms with Crippen LogP contribution in [0.5, 0.6) is 0 Å². The number of H-pyrrole nitrogens is 2. The highest BCUT2D eigenvalue weighted by atomic mass is 19.1. The molecular weight excluding hydrogens is 610 g/mol. The molecule has 6 heteroatoms. The summed E-state index contributed by atoms with van der Waals surface area (Å²) >= 11 is 0. The number of imidazole rings is 2. The molecule has 0 spiro atoms. The maximum absolute atomic E-state index is 14.9. The van der Waals surface area contributed by atoms with E-state index in [0.29, 0.717) is 22.8 Å². The molecule has 6 aromatic rings. The number of nitrogens with one attached hydrogen (secondary N) is 2. The molecule has 2 N–H and O–H groups in total. The van der Waals surface area contributed by atoms with Gasteiger partial charge in [-0.25, -0.2) is 18.7 Å². The number of hydrogen-bond acceptors (Lipinski definition) is 2. The molecule has 2 heterocycles. The monoisotopic (exact) mass is 658 g/mol. The van der Waals surface area contributed by atoms with Gasteiger partial charge in [-0.1, -0.05) is 115 Å². The van der Waals surface area contributed by atoms with Gasteiger partial charge in [0.2, 0.25) is 0 Å². The van der Waals surface area contributed by atoms with Crippen LogP contribution >= 0.6 is 0 Å². The number of nitrogens with zero attached hydrogens (tertiary/aromatic N) is 2. The van der Waals surface area contributed by atoms with Gasteiger partial charge in [-0.15, -0.1) is 0 Å². The minimum Gasteiger partial charge on any atom is -0.338 e. The van der Waals surface area contributed by atoms with Gasteiger partial charge in [-0.3, -0.25) is 0 Å². The summed E-state index contributed by atoms with van der Waals surface area (Å²) in [5.41, 5.74) is 9.34. The molecule has 0 unspecified atom stereocenters. The van der Waals surface area contributed by atoms with Gasteiger partial charge < -0.3 is 9.97 Å². The number of rotatable bonds is 16. The molecule has 0 atom stereocenters. The van der Waals surface area contributed by atoms with Crippen LogP contribution in [0.25, 0.3) is 56.0 Å². The number of aromatic amines is 2. The fourth-order valence-corrected chi connectivity index (χ4v) is 8.14. The molecule has 2 aromatic heterocycles. The van der Waals surface area contributed by atoms with E-state index in [9.17, 15) is 8.78 Å². The van der Waals surface area contributed by atoms with E-state index < -0.39 is 0 Å². The van der Waals surface area contributed by atoms with Crippen LogP contribution in [0.4, 0.5) is 8.78 Å². The van der Waals surface area contributed by atoms with Crippen molar-refractivity contribution < 1.29 is 8.78 Å². The van der Waals surface area contributed by atoms with E-state index >= 15 is 0 Å². The molecule has 254 valence electrons. The van der Waals surface area contributed by atoms with E-state index in [1.807, 2.05) is 12.1 Å². The van der Waals surface area contributed by atoms with Crippen molar-refractivity contribution in [3.8, 4) is 33.9 Å². The highest BCUT2D eigenvalue weighted by molar-refractivity contribution is 5.96. The number of halogens is 2. The van der Waals surface area contributed by atoms with Crippen molar-refractivity contribution in [2.45, 2.75) is 109 Å². The fraction of sp³-hybridized carbons (Fsp3) is 0.395. The normalized spacial score (nSPS) is 13.4. The van der Waals surface area contributed by atoms with Crippen LogP contribution in [0, 0.1) is 11.6 Å². The van der Waals surface area contributed by atoms with E-state index in [4.69, 9.17) is 9.97 Å². The second kappa shape index (κ2) is 14.7. The standard InChI is InChI=1S/C43H48F2N4/c1-3-5-7-9-11-17-23-43(24-18-12-10-8-6-4-2)33-27-39-37(46-41(48-39)29-19-13-15-21-35(29)44)25-31(33)32-26-38-40(28-34(32)43)49-42(47-38)30-20-14-16-22-36(30)45/h13-16,19-22,25-28H,3-12,17-18,23-24H2,1-2H3,(H,46,48)(H,47,49). The zero-order valence-electron chi connectivity index (χ0n) is 29.0. The van der Waals surface area contributed by atoms with Crippen LogP contribution in [0.15, 0.2) is 72.8 Å². The summed E-state index contributed by atoms with van der Waals surface area (Å²) < 4.78 is 29.7. The van der Waals surface area contributed by atoms with Gasteiger partial charge in [0.15, 0.2) is 0 Å². The molecule has 1 aliphatic carbocycles. The highest BCUT2D eigenvalue weighted by Gasteiger charge is 2.43. The predicted molar refractivity (Wildman–Crippen MR) is 199 cm³/mol. The quantitative estimate of drug-likeness (QED) is 0.102. The van der Waals surface area contributed by atoms with Crippen LogP contribution in [-0.4, -0.2) is 19.9 Å². The van der Waals surface area contributed by atoms with E-state index in [0.717, 1.165) is 47.8 Å². The van der Waals surface area contributed by atoms with Crippen molar-refractivity contribution in [1.82, 2.24) is 19.9 Å². The first-order chi connectivity index (χ1) is 24.0. The Kier molecular flexibility index (Phi) is 9.93. The van der Waals surface area contributed by atoms with Crippen molar-refractivity contribution >= 4 is 22.1 Å². The Labute approximate surface area is 288 Å². The van der Waals surface area contributed by atoms with Crippen LogP contribution in [-0.2, 0) is 5.41 Å². The molecule has 0 amide bonds. The third kappa shape index (κ3) is 6.54. The molecule has 0 saturated carbocycles. The van der Waals surface area contributed by atoms with Gasteiger partial charge in [0.1, 0.15) is 23.3 Å².